The van der Waals surface area contributed by atoms with Crippen molar-refractivity contribution >= 4 is 9.84 Å². The fourth-order valence-corrected chi connectivity index (χ4v) is 4.03. The second-order valence-corrected chi connectivity index (χ2v) is 7.31. The summed E-state index contributed by atoms with van der Waals surface area (Å²) in [6, 6.07) is 0. The van der Waals surface area contributed by atoms with E-state index in [-0.39, 0.29) is 11.5 Å². The maximum Gasteiger partial charge on any atom is 0.156 e. The molecule has 5 nitrogen and oxygen atoms in total. The van der Waals surface area contributed by atoms with Gasteiger partial charge in [-0.2, -0.15) is 0 Å². The van der Waals surface area contributed by atoms with Gasteiger partial charge < -0.3 is 5.32 Å². The number of fused-ring (bicyclic) bond motifs is 1. The molecule has 18 heavy (non-hydrogen) atoms. The van der Waals surface area contributed by atoms with Gasteiger partial charge in [0.05, 0.1) is 17.2 Å². The lowest BCUT2D eigenvalue weighted by molar-refractivity contribution is 0.588. The van der Waals surface area contributed by atoms with Crippen molar-refractivity contribution in [1.29, 1.82) is 0 Å². The number of sulfone groups is 1. The molecular formula is C12H17N3O2S. The number of aryl methyl sites for hydroxylation is 1. The molecule has 1 saturated heterocycles. The van der Waals surface area contributed by atoms with Gasteiger partial charge in [-0.25, -0.2) is 18.4 Å². The second kappa shape index (κ2) is 4.28. The van der Waals surface area contributed by atoms with E-state index in [2.05, 4.69) is 15.3 Å². The number of nitrogens with one attached hydrogen (secondary N) is 1. The molecule has 0 saturated carbocycles. The van der Waals surface area contributed by atoms with Gasteiger partial charge >= 0.3 is 0 Å². The van der Waals surface area contributed by atoms with E-state index in [1.807, 2.05) is 6.92 Å². The average molecular weight is 267 g/mol. The average Bonchev–Trinajstić information content (AvgIpc) is 2.80. The molecule has 0 radical (unpaired) electrons. The first-order valence-electron chi connectivity index (χ1n) is 6.32. The monoisotopic (exact) mass is 267 g/mol. The highest BCUT2D eigenvalue weighted by Gasteiger charge is 2.27. The predicted molar refractivity (Wildman–Crippen MR) is 68.2 cm³/mol. The maximum atomic E-state index is 11.7. The fourth-order valence-electron chi connectivity index (χ4n) is 2.72. The minimum Gasteiger partial charge on any atom is -0.316 e. The second-order valence-electron chi connectivity index (χ2n) is 5.12. The van der Waals surface area contributed by atoms with E-state index in [0.29, 0.717) is 12.3 Å². The lowest BCUT2D eigenvalue weighted by Crippen LogP contribution is -2.23. The van der Waals surface area contributed by atoms with Gasteiger partial charge in [-0.05, 0) is 31.9 Å². The highest BCUT2D eigenvalue weighted by molar-refractivity contribution is 7.90. The Morgan fingerprint density at radius 1 is 1.33 bits per heavy atom. The molecular weight excluding hydrogens is 250 g/mol. The molecule has 3 rings (SSSR count). The van der Waals surface area contributed by atoms with Gasteiger partial charge in [0.2, 0.25) is 0 Å². The molecule has 1 unspecified atom stereocenters. The van der Waals surface area contributed by atoms with Crippen molar-refractivity contribution in [2.45, 2.75) is 31.4 Å². The lowest BCUT2D eigenvalue weighted by atomic mass is 10.1. The van der Waals surface area contributed by atoms with Crippen LogP contribution >= 0.6 is 0 Å². The van der Waals surface area contributed by atoms with Crippen LogP contribution in [0.1, 0.15) is 35.1 Å². The quantitative estimate of drug-likeness (QED) is 0.794. The van der Waals surface area contributed by atoms with Gasteiger partial charge in [-0.3, -0.25) is 0 Å². The standard InChI is InChI=1S/C12H17N3O2S/c1-8-10-3-5-18(16,17)7-11(10)15-12(14-8)9-2-4-13-6-9/h9,13H,2-7H2,1H3. The Morgan fingerprint density at radius 3 is 2.89 bits per heavy atom. The number of aromatic nitrogens is 2. The van der Waals surface area contributed by atoms with Crippen molar-refractivity contribution in [3.8, 4) is 0 Å². The summed E-state index contributed by atoms with van der Waals surface area (Å²) in [6.45, 7) is 3.85. The molecule has 98 valence electrons. The summed E-state index contributed by atoms with van der Waals surface area (Å²) >= 11 is 0. The molecule has 3 heterocycles. The highest BCUT2D eigenvalue weighted by Crippen LogP contribution is 2.25. The molecule has 1 atom stereocenters. The summed E-state index contributed by atoms with van der Waals surface area (Å²) in [5, 5.41) is 3.29. The molecule has 0 bridgehead atoms. The van der Waals surface area contributed by atoms with E-state index in [1.54, 1.807) is 0 Å². The molecule has 0 amide bonds. The Labute approximate surface area is 107 Å². The number of hydrogen-bond donors (Lipinski definition) is 1. The zero-order chi connectivity index (χ0) is 12.8. The first-order chi connectivity index (χ1) is 8.55. The largest absolute Gasteiger partial charge is 0.316 e. The Balaban J connectivity index is 2.02. The molecule has 0 aliphatic carbocycles. The van der Waals surface area contributed by atoms with Crippen molar-refractivity contribution in [3.63, 3.8) is 0 Å². The topological polar surface area (TPSA) is 72.0 Å². The van der Waals surface area contributed by atoms with Gasteiger partial charge in [0.15, 0.2) is 9.84 Å². The van der Waals surface area contributed by atoms with E-state index < -0.39 is 9.84 Å². The smallest absolute Gasteiger partial charge is 0.156 e. The van der Waals surface area contributed by atoms with Gasteiger partial charge in [0, 0.05) is 18.2 Å². The van der Waals surface area contributed by atoms with E-state index in [9.17, 15) is 8.42 Å². The summed E-state index contributed by atoms with van der Waals surface area (Å²) in [6.07, 6.45) is 1.59. The van der Waals surface area contributed by atoms with E-state index >= 15 is 0 Å². The van der Waals surface area contributed by atoms with Crippen molar-refractivity contribution in [3.05, 3.63) is 22.8 Å². The third-order valence-corrected chi connectivity index (χ3v) is 5.30. The van der Waals surface area contributed by atoms with Crippen molar-refractivity contribution < 1.29 is 8.42 Å². The molecule has 1 fully saturated rings. The zero-order valence-electron chi connectivity index (χ0n) is 10.4. The summed E-state index contributed by atoms with van der Waals surface area (Å²) in [7, 11) is -2.96. The summed E-state index contributed by atoms with van der Waals surface area (Å²) in [5.41, 5.74) is 2.73. The first kappa shape index (κ1) is 12.0. The fraction of sp³-hybridized carbons (Fsp3) is 0.667. The van der Waals surface area contributed by atoms with Gasteiger partial charge in [0.25, 0.3) is 0 Å². The van der Waals surface area contributed by atoms with Crippen LogP contribution in [-0.4, -0.2) is 37.2 Å². The van der Waals surface area contributed by atoms with E-state index in [1.165, 1.54) is 0 Å². The van der Waals surface area contributed by atoms with Crippen molar-refractivity contribution in [2.75, 3.05) is 18.8 Å². The van der Waals surface area contributed by atoms with E-state index in [4.69, 9.17) is 0 Å². The predicted octanol–water partition coefficient (Wildman–Crippen LogP) is 0.333. The summed E-state index contributed by atoms with van der Waals surface area (Å²) in [5.74, 6) is 1.46. The number of nitrogens with zero attached hydrogens (tertiary/aromatic N) is 2. The zero-order valence-corrected chi connectivity index (χ0v) is 11.3. The summed E-state index contributed by atoms with van der Waals surface area (Å²) in [4.78, 5) is 9.09. The Hall–Kier alpha value is -1.01. The molecule has 2 aliphatic rings. The number of rotatable bonds is 1. The van der Waals surface area contributed by atoms with Crippen LogP contribution in [0.5, 0.6) is 0 Å². The third kappa shape index (κ3) is 2.14. The SMILES string of the molecule is Cc1nc(C2CCNC2)nc2c1CCS(=O)(=O)C2. The first-order valence-corrected chi connectivity index (χ1v) is 8.15. The van der Waals surface area contributed by atoms with Crippen LogP contribution in [0.2, 0.25) is 0 Å². The molecule has 1 aromatic heterocycles. The summed E-state index contributed by atoms with van der Waals surface area (Å²) < 4.78 is 23.4. The van der Waals surface area contributed by atoms with Gasteiger partial charge in [0.1, 0.15) is 5.82 Å². The molecule has 0 spiro atoms. The minimum atomic E-state index is -2.96. The van der Waals surface area contributed by atoms with E-state index in [0.717, 1.165) is 42.3 Å². The minimum absolute atomic E-state index is 0.0822. The van der Waals surface area contributed by atoms with Crippen LogP contribution in [0, 0.1) is 6.92 Å². The normalized spacial score (nSPS) is 25.9. The van der Waals surface area contributed by atoms with Crippen molar-refractivity contribution in [2.24, 2.45) is 0 Å². The molecule has 0 aromatic carbocycles. The Kier molecular flexibility index (Phi) is 2.86. The van der Waals surface area contributed by atoms with Gasteiger partial charge in [-0.1, -0.05) is 0 Å². The molecule has 2 aliphatic heterocycles. The van der Waals surface area contributed by atoms with Crippen LogP contribution < -0.4 is 5.32 Å². The molecule has 1 N–H and O–H groups in total. The van der Waals surface area contributed by atoms with Crippen LogP contribution in [0.25, 0.3) is 0 Å². The number of hydrogen-bond acceptors (Lipinski definition) is 5. The molecule has 6 heteroatoms. The van der Waals surface area contributed by atoms with Gasteiger partial charge in [-0.15, -0.1) is 0 Å². The third-order valence-electron chi connectivity index (χ3n) is 3.76. The Morgan fingerprint density at radius 2 is 2.17 bits per heavy atom. The Bertz CT molecular complexity index is 577. The molecule has 1 aromatic rings. The maximum absolute atomic E-state index is 11.7. The lowest BCUT2D eigenvalue weighted by Gasteiger charge is -2.19. The van der Waals surface area contributed by atoms with Crippen molar-refractivity contribution in [1.82, 2.24) is 15.3 Å². The van der Waals surface area contributed by atoms with Crippen LogP contribution in [-0.2, 0) is 22.0 Å². The highest BCUT2D eigenvalue weighted by atomic mass is 32.2. The van der Waals surface area contributed by atoms with Crippen LogP contribution in [0.3, 0.4) is 0 Å². The van der Waals surface area contributed by atoms with Crippen LogP contribution in [0.15, 0.2) is 0 Å². The van der Waals surface area contributed by atoms with Crippen LogP contribution in [0.4, 0.5) is 0 Å².